The minimum Gasteiger partial charge on any atom is -0.494 e. The summed E-state index contributed by atoms with van der Waals surface area (Å²) in [5, 5.41) is 7.43. The SMILES string of the molecule is CCOc1ccccc1CNC(=O)c1cc2c(N3CCCC3)nc(C)cn2n1. The van der Waals surface area contributed by atoms with E-state index in [0.717, 1.165) is 41.4 Å². The number of ether oxygens (including phenoxy) is 1. The van der Waals surface area contributed by atoms with Gasteiger partial charge in [-0.05, 0) is 32.8 Å². The molecule has 7 heteroatoms. The van der Waals surface area contributed by atoms with E-state index in [1.54, 1.807) is 4.52 Å². The first kappa shape index (κ1) is 18.3. The molecule has 0 aliphatic carbocycles. The zero-order valence-corrected chi connectivity index (χ0v) is 16.3. The van der Waals surface area contributed by atoms with Gasteiger partial charge in [-0.15, -0.1) is 0 Å². The molecule has 0 unspecified atom stereocenters. The van der Waals surface area contributed by atoms with E-state index < -0.39 is 0 Å². The molecule has 3 aromatic rings. The third kappa shape index (κ3) is 3.65. The fourth-order valence-corrected chi connectivity index (χ4v) is 3.57. The van der Waals surface area contributed by atoms with E-state index in [2.05, 4.69) is 15.3 Å². The monoisotopic (exact) mass is 379 g/mol. The first-order valence-corrected chi connectivity index (χ1v) is 9.76. The summed E-state index contributed by atoms with van der Waals surface area (Å²) in [6, 6.07) is 9.55. The van der Waals surface area contributed by atoms with Gasteiger partial charge in [0.1, 0.15) is 11.3 Å². The van der Waals surface area contributed by atoms with Crippen LogP contribution in [0.5, 0.6) is 5.75 Å². The van der Waals surface area contributed by atoms with Crippen LogP contribution in [0, 0.1) is 6.92 Å². The fourth-order valence-electron chi connectivity index (χ4n) is 3.57. The summed E-state index contributed by atoms with van der Waals surface area (Å²) in [5.74, 6) is 1.49. The lowest BCUT2D eigenvalue weighted by Crippen LogP contribution is -2.23. The Balaban J connectivity index is 1.56. The standard InChI is InChI=1S/C21H25N5O2/c1-3-28-19-9-5-4-8-16(19)13-22-21(27)17-12-18-20(25-10-6-7-11-25)23-15(2)14-26(18)24-17/h4-5,8-9,12,14H,3,6-7,10-11,13H2,1-2H3,(H,22,27). The van der Waals surface area contributed by atoms with Crippen LogP contribution in [-0.2, 0) is 6.54 Å². The minimum absolute atomic E-state index is 0.208. The van der Waals surface area contributed by atoms with E-state index in [1.165, 1.54) is 12.8 Å². The Bertz CT molecular complexity index is 992. The number of aromatic nitrogens is 3. The number of nitrogens with one attached hydrogen (secondary N) is 1. The van der Waals surface area contributed by atoms with Crippen molar-refractivity contribution in [1.29, 1.82) is 0 Å². The Morgan fingerprint density at radius 3 is 2.82 bits per heavy atom. The maximum absolute atomic E-state index is 12.7. The topological polar surface area (TPSA) is 71.8 Å². The normalized spacial score (nSPS) is 13.9. The van der Waals surface area contributed by atoms with Crippen LogP contribution in [0.2, 0.25) is 0 Å². The average Bonchev–Trinajstić information content (AvgIpc) is 3.36. The Kier molecular flexibility index (Phi) is 5.14. The van der Waals surface area contributed by atoms with Gasteiger partial charge in [-0.1, -0.05) is 18.2 Å². The summed E-state index contributed by atoms with van der Waals surface area (Å²) in [6.45, 7) is 6.85. The number of nitrogens with zero attached hydrogens (tertiary/aromatic N) is 4. The number of carbonyl (C=O) groups is 1. The molecule has 0 saturated carbocycles. The number of hydrogen-bond acceptors (Lipinski definition) is 5. The van der Waals surface area contributed by atoms with Crippen LogP contribution in [-0.4, -0.2) is 40.2 Å². The molecule has 0 bridgehead atoms. The number of carbonyl (C=O) groups excluding carboxylic acids is 1. The smallest absolute Gasteiger partial charge is 0.272 e. The summed E-state index contributed by atoms with van der Waals surface area (Å²) < 4.78 is 7.39. The lowest BCUT2D eigenvalue weighted by Gasteiger charge is -2.17. The summed E-state index contributed by atoms with van der Waals surface area (Å²) in [5.41, 5.74) is 3.08. The zero-order chi connectivity index (χ0) is 19.5. The van der Waals surface area contributed by atoms with Gasteiger partial charge in [0, 0.05) is 31.3 Å². The molecule has 4 rings (SSSR count). The van der Waals surface area contributed by atoms with Gasteiger partial charge >= 0.3 is 0 Å². The predicted octanol–water partition coefficient (Wildman–Crippen LogP) is 2.97. The summed E-state index contributed by atoms with van der Waals surface area (Å²) in [7, 11) is 0. The zero-order valence-electron chi connectivity index (χ0n) is 16.3. The van der Waals surface area contributed by atoms with E-state index in [0.29, 0.717) is 18.8 Å². The number of anilines is 1. The van der Waals surface area contributed by atoms with Gasteiger partial charge in [0.15, 0.2) is 11.5 Å². The van der Waals surface area contributed by atoms with E-state index in [-0.39, 0.29) is 5.91 Å². The number of rotatable bonds is 6. The van der Waals surface area contributed by atoms with E-state index in [4.69, 9.17) is 9.72 Å². The molecule has 146 valence electrons. The van der Waals surface area contributed by atoms with Crippen LogP contribution in [0.4, 0.5) is 5.82 Å². The van der Waals surface area contributed by atoms with Crippen LogP contribution < -0.4 is 15.0 Å². The van der Waals surface area contributed by atoms with Gasteiger partial charge in [-0.3, -0.25) is 4.79 Å². The quantitative estimate of drug-likeness (QED) is 0.713. The number of aryl methyl sites for hydroxylation is 1. The molecule has 3 heterocycles. The van der Waals surface area contributed by atoms with Crippen molar-refractivity contribution in [2.45, 2.75) is 33.2 Å². The Labute approximate surface area is 164 Å². The van der Waals surface area contributed by atoms with Crippen molar-refractivity contribution in [3.63, 3.8) is 0 Å². The minimum atomic E-state index is -0.208. The van der Waals surface area contributed by atoms with Crippen LogP contribution in [0.15, 0.2) is 36.5 Å². The molecule has 0 radical (unpaired) electrons. The molecular formula is C21H25N5O2. The molecule has 28 heavy (non-hydrogen) atoms. The van der Waals surface area contributed by atoms with E-state index >= 15 is 0 Å². The number of para-hydroxylation sites is 1. The number of benzene rings is 1. The largest absolute Gasteiger partial charge is 0.494 e. The summed E-state index contributed by atoms with van der Waals surface area (Å²) in [6.07, 6.45) is 4.20. The van der Waals surface area contributed by atoms with Crippen molar-refractivity contribution >= 4 is 17.2 Å². The maximum Gasteiger partial charge on any atom is 0.272 e. The van der Waals surface area contributed by atoms with Crippen molar-refractivity contribution in [2.24, 2.45) is 0 Å². The lowest BCUT2D eigenvalue weighted by molar-refractivity contribution is 0.0945. The maximum atomic E-state index is 12.7. The van der Waals surface area contributed by atoms with E-state index in [9.17, 15) is 4.79 Å². The van der Waals surface area contributed by atoms with Crippen molar-refractivity contribution in [3.05, 3.63) is 53.5 Å². The highest BCUT2D eigenvalue weighted by Crippen LogP contribution is 2.24. The van der Waals surface area contributed by atoms with Crippen molar-refractivity contribution in [2.75, 3.05) is 24.6 Å². The number of amides is 1. The Hall–Kier alpha value is -3.09. The Morgan fingerprint density at radius 1 is 1.25 bits per heavy atom. The molecule has 1 N–H and O–H groups in total. The van der Waals surface area contributed by atoms with Gasteiger partial charge in [-0.25, -0.2) is 9.50 Å². The molecule has 1 aromatic carbocycles. The third-order valence-corrected chi connectivity index (χ3v) is 4.91. The highest BCUT2D eigenvalue weighted by molar-refractivity contribution is 5.94. The third-order valence-electron chi connectivity index (χ3n) is 4.91. The van der Waals surface area contributed by atoms with Gasteiger partial charge in [0.25, 0.3) is 5.91 Å². The molecule has 0 spiro atoms. The second-order valence-corrected chi connectivity index (χ2v) is 6.98. The average molecular weight is 379 g/mol. The molecule has 1 aliphatic rings. The molecule has 7 nitrogen and oxygen atoms in total. The first-order chi connectivity index (χ1) is 13.7. The second-order valence-electron chi connectivity index (χ2n) is 6.98. The van der Waals surface area contributed by atoms with Crippen LogP contribution in [0.3, 0.4) is 0 Å². The predicted molar refractivity (Wildman–Crippen MR) is 108 cm³/mol. The highest BCUT2D eigenvalue weighted by Gasteiger charge is 2.20. The molecule has 1 amide bonds. The lowest BCUT2D eigenvalue weighted by atomic mass is 10.2. The van der Waals surface area contributed by atoms with Gasteiger partial charge in [0.2, 0.25) is 0 Å². The molecule has 1 aliphatic heterocycles. The van der Waals surface area contributed by atoms with Gasteiger partial charge in [-0.2, -0.15) is 5.10 Å². The molecule has 1 fully saturated rings. The van der Waals surface area contributed by atoms with E-state index in [1.807, 2.05) is 50.4 Å². The Morgan fingerprint density at radius 2 is 2.04 bits per heavy atom. The second kappa shape index (κ2) is 7.88. The van der Waals surface area contributed by atoms with Crippen molar-refractivity contribution in [3.8, 4) is 5.75 Å². The van der Waals surface area contributed by atoms with Crippen LogP contribution in [0.25, 0.3) is 5.52 Å². The summed E-state index contributed by atoms with van der Waals surface area (Å²) in [4.78, 5) is 19.7. The number of hydrogen-bond donors (Lipinski definition) is 1. The summed E-state index contributed by atoms with van der Waals surface area (Å²) >= 11 is 0. The highest BCUT2D eigenvalue weighted by atomic mass is 16.5. The fraction of sp³-hybridized carbons (Fsp3) is 0.381. The van der Waals surface area contributed by atoms with Gasteiger partial charge < -0.3 is 15.0 Å². The van der Waals surface area contributed by atoms with Crippen molar-refractivity contribution in [1.82, 2.24) is 19.9 Å². The molecule has 1 saturated heterocycles. The van der Waals surface area contributed by atoms with Gasteiger partial charge in [0.05, 0.1) is 18.5 Å². The molecule has 0 atom stereocenters. The van der Waals surface area contributed by atoms with Crippen LogP contribution in [0.1, 0.15) is 41.5 Å². The van der Waals surface area contributed by atoms with Crippen LogP contribution >= 0.6 is 0 Å². The first-order valence-electron chi connectivity index (χ1n) is 9.76. The molecular weight excluding hydrogens is 354 g/mol. The van der Waals surface area contributed by atoms with Crippen molar-refractivity contribution < 1.29 is 9.53 Å². The number of fused-ring (bicyclic) bond motifs is 1. The molecule has 2 aromatic heterocycles.